The predicted molar refractivity (Wildman–Crippen MR) is 70.2 cm³/mol. The molecule has 0 fully saturated rings. The lowest BCUT2D eigenvalue weighted by Gasteiger charge is -2.17. The van der Waals surface area contributed by atoms with Crippen molar-refractivity contribution in [3.05, 3.63) is 24.3 Å². The highest BCUT2D eigenvalue weighted by Gasteiger charge is 2.07. The second-order valence-electron chi connectivity index (χ2n) is 3.58. The van der Waals surface area contributed by atoms with Crippen LogP contribution in [-0.4, -0.2) is 30.8 Å². The molecule has 0 radical (unpaired) electrons. The molecule has 0 aliphatic carbocycles. The molecule has 0 aliphatic rings. The fraction of sp³-hybridized carbons (Fsp3) is 0.417. The number of nitrogens with one attached hydrogen (secondary N) is 1. The molecule has 1 aromatic rings. The summed E-state index contributed by atoms with van der Waals surface area (Å²) in [7, 11) is 1.80. The SMILES string of the molecule is CCCN(C)C(=O)Nc1cccc(SC)c1. The van der Waals surface area contributed by atoms with E-state index in [1.54, 1.807) is 23.7 Å². The molecule has 1 aromatic carbocycles. The Bertz CT molecular complexity index is 355. The van der Waals surface area contributed by atoms with Gasteiger partial charge < -0.3 is 10.2 Å². The van der Waals surface area contributed by atoms with Crippen molar-refractivity contribution in [3.63, 3.8) is 0 Å². The molecular weight excluding hydrogens is 220 g/mol. The first kappa shape index (κ1) is 12.9. The van der Waals surface area contributed by atoms with Crippen LogP contribution >= 0.6 is 11.8 Å². The zero-order valence-corrected chi connectivity index (χ0v) is 10.8. The van der Waals surface area contributed by atoms with Crippen molar-refractivity contribution in [2.75, 3.05) is 25.2 Å². The molecule has 3 nitrogen and oxygen atoms in total. The van der Waals surface area contributed by atoms with Gasteiger partial charge in [-0.3, -0.25) is 0 Å². The van der Waals surface area contributed by atoms with Crippen LogP contribution in [0.15, 0.2) is 29.2 Å². The predicted octanol–water partition coefficient (Wildman–Crippen LogP) is 3.28. The fourth-order valence-corrected chi connectivity index (χ4v) is 1.82. The van der Waals surface area contributed by atoms with Gasteiger partial charge in [0.1, 0.15) is 0 Å². The fourth-order valence-electron chi connectivity index (χ4n) is 1.36. The van der Waals surface area contributed by atoms with E-state index in [1.165, 1.54) is 0 Å². The Morgan fingerprint density at radius 3 is 2.88 bits per heavy atom. The molecule has 88 valence electrons. The quantitative estimate of drug-likeness (QED) is 0.816. The monoisotopic (exact) mass is 238 g/mol. The van der Waals surface area contributed by atoms with Crippen molar-refractivity contribution < 1.29 is 4.79 Å². The average Bonchev–Trinajstić information content (AvgIpc) is 2.29. The summed E-state index contributed by atoms with van der Waals surface area (Å²) in [6.07, 6.45) is 2.99. The molecule has 0 aliphatic heterocycles. The molecule has 0 atom stereocenters. The van der Waals surface area contributed by atoms with E-state index >= 15 is 0 Å². The maximum absolute atomic E-state index is 11.7. The Balaban J connectivity index is 2.61. The van der Waals surface area contributed by atoms with Crippen molar-refractivity contribution in [3.8, 4) is 0 Å². The maximum atomic E-state index is 11.7. The molecule has 0 unspecified atom stereocenters. The standard InChI is InChI=1S/C12H18N2OS/c1-4-8-14(2)12(15)13-10-6-5-7-11(9-10)16-3/h5-7,9H,4,8H2,1-3H3,(H,13,15). The lowest BCUT2D eigenvalue weighted by molar-refractivity contribution is 0.222. The van der Waals surface area contributed by atoms with Crippen molar-refractivity contribution in [1.82, 2.24) is 4.90 Å². The highest BCUT2D eigenvalue weighted by Crippen LogP contribution is 2.19. The minimum atomic E-state index is -0.0555. The molecular formula is C12H18N2OS. The first-order valence-corrected chi connectivity index (χ1v) is 6.56. The normalized spacial score (nSPS) is 9.94. The zero-order valence-electron chi connectivity index (χ0n) is 9.99. The average molecular weight is 238 g/mol. The first-order chi connectivity index (χ1) is 7.67. The molecule has 0 saturated carbocycles. The lowest BCUT2D eigenvalue weighted by atomic mass is 10.3. The van der Waals surface area contributed by atoms with Gasteiger partial charge in [0.2, 0.25) is 0 Å². The Labute approximate surface area is 101 Å². The number of rotatable bonds is 4. The van der Waals surface area contributed by atoms with Crippen LogP contribution in [-0.2, 0) is 0 Å². The van der Waals surface area contributed by atoms with E-state index in [0.717, 1.165) is 23.5 Å². The van der Waals surface area contributed by atoms with Gasteiger partial charge in [0, 0.05) is 24.2 Å². The van der Waals surface area contributed by atoms with Gasteiger partial charge in [-0.25, -0.2) is 4.79 Å². The molecule has 0 aromatic heterocycles. The lowest BCUT2D eigenvalue weighted by Crippen LogP contribution is -2.31. The van der Waals surface area contributed by atoms with Crippen LogP contribution in [0.4, 0.5) is 10.5 Å². The molecule has 4 heteroatoms. The second kappa shape index (κ2) is 6.43. The van der Waals surface area contributed by atoms with E-state index in [0.29, 0.717) is 0 Å². The highest BCUT2D eigenvalue weighted by molar-refractivity contribution is 7.98. The molecule has 0 heterocycles. The summed E-state index contributed by atoms with van der Waals surface area (Å²) in [6.45, 7) is 2.83. The minimum absolute atomic E-state index is 0.0555. The number of hydrogen-bond acceptors (Lipinski definition) is 2. The summed E-state index contributed by atoms with van der Waals surface area (Å²) < 4.78 is 0. The van der Waals surface area contributed by atoms with E-state index in [-0.39, 0.29) is 6.03 Å². The number of hydrogen-bond donors (Lipinski definition) is 1. The summed E-state index contributed by atoms with van der Waals surface area (Å²) in [5.41, 5.74) is 0.847. The topological polar surface area (TPSA) is 32.3 Å². The zero-order chi connectivity index (χ0) is 12.0. The van der Waals surface area contributed by atoms with Crippen LogP contribution < -0.4 is 5.32 Å². The Morgan fingerprint density at radius 2 is 2.25 bits per heavy atom. The third-order valence-electron chi connectivity index (χ3n) is 2.23. The summed E-state index contributed by atoms with van der Waals surface area (Å²) in [5.74, 6) is 0. The van der Waals surface area contributed by atoms with Crippen LogP contribution in [0.2, 0.25) is 0 Å². The minimum Gasteiger partial charge on any atom is -0.328 e. The largest absolute Gasteiger partial charge is 0.328 e. The summed E-state index contributed by atoms with van der Waals surface area (Å²) in [6, 6.07) is 7.79. The number of urea groups is 1. The molecule has 1 N–H and O–H groups in total. The third-order valence-corrected chi connectivity index (χ3v) is 2.95. The van der Waals surface area contributed by atoms with Gasteiger partial charge in [0.25, 0.3) is 0 Å². The number of carbonyl (C=O) groups is 1. The Hall–Kier alpha value is -1.16. The van der Waals surface area contributed by atoms with Gasteiger partial charge in [0.15, 0.2) is 0 Å². The molecule has 1 rings (SSSR count). The number of thioether (sulfide) groups is 1. The van der Waals surface area contributed by atoms with Gasteiger partial charge in [-0.15, -0.1) is 11.8 Å². The summed E-state index contributed by atoms with van der Waals surface area (Å²) in [4.78, 5) is 14.5. The van der Waals surface area contributed by atoms with E-state index in [1.807, 2.05) is 30.5 Å². The third kappa shape index (κ3) is 3.77. The molecule has 0 saturated heterocycles. The van der Waals surface area contributed by atoms with E-state index < -0.39 is 0 Å². The number of amides is 2. The van der Waals surface area contributed by atoms with Crippen molar-refractivity contribution >= 4 is 23.5 Å². The summed E-state index contributed by atoms with van der Waals surface area (Å²) in [5, 5.41) is 2.87. The van der Waals surface area contributed by atoms with E-state index in [2.05, 4.69) is 12.2 Å². The first-order valence-electron chi connectivity index (χ1n) is 5.33. The molecule has 0 bridgehead atoms. The molecule has 16 heavy (non-hydrogen) atoms. The van der Waals surface area contributed by atoms with E-state index in [9.17, 15) is 4.79 Å². The van der Waals surface area contributed by atoms with Crippen LogP contribution in [0.5, 0.6) is 0 Å². The molecule has 2 amide bonds. The number of carbonyl (C=O) groups excluding carboxylic acids is 1. The van der Waals surface area contributed by atoms with Gasteiger partial charge >= 0.3 is 6.03 Å². The highest BCUT2D eigenvalue weighted by atomic mass is 32.2. The smallest absolute Gasteiger partial charge is 0.321 e. The van der Waals surface area contributed by atoms with Crippen molar-refractivity contribution in [1.29, 1.82) is 0 Å². The van der Waals surface area contributed by atoms with E-state index in [4.69, 9.17) is 0 Å². The van der Waals surface area contributed by atoms with Crippen LogP contribution in [0.25, 0.3) is 0 Å². The number of anilines is 1. The second-order valence-corrected chi connectivity index (χ2v) is 4.46. The van der Waals surface area contributed by atoms with Gasteiger partial charge in [-0.05, 0) is 30.9 Å². The summed E-state index contributed by atoms with van der Waals surface area (Å²) >= 11 is 1.66. The Morgan fingerprint density at radius 1 is 1.50 bits per heavy atom. The van der Waals surface area contributed by atoms with Gasteiger partial charge in [0.05, 0.1) is 0 Å². The van der Waals surface area contributed by atoms with Gasteiger partial charge in [-0.1, -0.05) is 13.0 Å². The number of nitrogens with zero attached hydrogens (tertiary/aromatic N) is 1. The van der Waals surface area contributed by atoms with Crippen LogP contribution in [0.3, 0.4) is 0 Å². The maximum Gasteiger partial charge on any atom is 0.321 e. The van der Waals surface area contributed by atoms with Crippen molar-refractivity contribution in [2.24, 2.45) is 0 Å². The number of benzene rings is 1. The van der Waals surface area contributed by atoms with Crippen molar-refractivity contribution in [2.45, 2.75) is 18.2 Å². The van der Waals surface area contributed by atoms with Gasteiger partial charge in [-0.2, -0.15) is 0 Å². The van der Waals surface area contributed by atoms with Crippen LogP contribution in [0, 0.1) is 0 Å². The Kier molecular flexibility index (Phi) is 5.19. The molecule has 0 spiro atoms. The van der Waals surface area contributed by atoms with Crippen LogP contribution in [0.1, 0.15) is 13.3 Å².